The minimum atomic E-state index is -0.526. The van der Waals surface area contributed by atoms with E-state index in [2.05, 4.69) is 10.3 Å². The number of aryl methyl sites for hydroxylation is 1. The van der Waals surface area contributed by atoms with Crippen LogP contribution in [0.3, 0.4) is 0 Å². The first kappa shape index (κ1) is 19.7. The number of hydrogen-bond donors (Lipinski definition) is 1. The van der Waals surface area contributed by atoms with Crippen LogP contribution in [0.15, 0.2) is 36.7 Å². The SMILES string of the molecule is Cl.Cn1ccnc1C1CNCCN1C(=O)COc1ccccc1[N+](=O)[O-]. The molecule has 1 saturated heterocycles. The van der Waals surface area contributed by atoms with E-state index in [-0.39, 0.29) is 42.4 Å². The number of nitrogens with zero attached hydrogens (tertiary/aromatic N) is 4. The second-order valence-corrected chi connectivity index (χ2v) is 5.72. The standard InChI is InChI=1S/C16H19N5O4.ClH/c1-19-8-7-18-16(19)13-10-17-6-9-20(13)15(22)11-25-14-5-3-2-4-12(14)21(23)24;/h2-5,7-8,13,17H,6,9-11H2,1H3;1H. The van der Waals surface area contributed by atoms with Crippen LogP contribution < -0.4 is 10.1 Å². The summed E-state index contributed by atoms with van der Waals surface area (Å²) in [4.78, 5) is 29.2. The van der Waals surface area contributed by atoms with Gasteiger partial charge in [-0.15, -0.1) is 12.4 Å². The molecule has 1 aliphatic rings. The average molecular weight is 382 g/mol. The molecular formula is C16H20ClN5O4. The third kappa shape index (κ3) is 4.12. The topological polar surface area (TPSA) is 103 Å². The zero-order chi connectivity index (χ0) is 17.8. The number of carbonyl (C=O) groups is 1. The Morgan fingerprint density at radius 3 is 2.92 bits per heavy atom. The first-order valence-electron chi connectivity index (χ1n) is 7.91. The van der Waals surface area contributed by atoms with Crippen LogP contribution in [0.2, 0.25) is 0 Å². The summed E-state index contributed by atoms with van der Waals surface area (Å²) in [6.07, 6.45) is 3.52. The summed E-state index contributed by atoms with van der Waals surface area (Å²) in [5.41, 5.74) is -0.156. The van der Waals surface area contributed by atoms with Gasteiger partial charge < -0.3 is 19.5 Å². The Balaban J connectivity index is 0.00000243. The maximum atomic E-state index is 12.6. The molecule has 1 amide bonds. The third-order valence-corrected chi connectivity index (χ3v) is 4.13. The first-order valence-corrected chi connectivity index (χ1v) is 7.91. The lowest BCUT2D eigenvalue weighted by atomic mass is 10.1. The highest BCUT2D eigenvalue weighted by Crippen LogP contribution is 2.26. The molecule has 9 nitrogen and oxygen atoms in total. The van der Waals surface area contributed by atoms with Crippen LogP contribution in [0.1, 0.15) is 11.9 Å². The molecule has 10 heteroatoms. The number of benzene rings is 1. The predicted octanol–water partition coefficient (Wildman–Crippen LogP) is 1.30. The number of carbonyl (C=O) groups excluding carboxylic acids is 1. The van der Waals surface area contributed by atoms with Crippen LogP contribution in [0.25, 0.3) is 0 Å². The fourth-order valence-electron chi connectivity index (χ4n) is 2.88. The number of ether oxygens (including phenoxy) is 1. The molecule has 1 aromatic heterocycles. The molecule has 140 valence electrons. The summed E-state index contributed by atoms with van der Waals surface area (Å²) in [6, 6.07) is 5.82. The first-order chi connectivity index (χ1) is 12.1. The molecular weight excluding hydrogens is 362 g/mol. The van der Waals surface area contributed by atoms with Crippen LogP contribution in [-0.4, -0.2) is 51.5 Å². The summed E-state index contributed by atoms with van der Waals surface area (Å²) < 4.78 is 7.30. The van der Waals surface area contributed by atoms with E-state index >= 15 is 0 Å². The van der Waals surface area contributed by atoms with Gasteiger partial charge in [-0.1, -0.05) is 12.1 Å². The Kier molecular flexibility index (Phi) is 6.53. The van der Waals surface area contributed by atoms with Crippen molar-refractivity contribution in [1.29, 1.82) is 0 Å². The molecule has 1 aromatic carbocycles. The van der Waals surface area contributed by atoms with Crippen LogP contribution in [0, 0.1) is 10.1 Å². The number of para-hydroxylation sites is 2. The number of halogens is 1. The fraction of sp³-hybridized carbons (Fsp3) is 0.375. The Hall–Kier alpha value is -2.65. The van der Waals surface area contributed by atoms with Gasteiger partial charge in [-0.05, 0) is 6.07 Å². The summed E-state index contributed by atoms with van der Waals surface area (Å²) in [5, 5.41) is 14.3. The Morgan fingerprint density at radius 1 is 1.46 bits per heavy atom. The van der Waals surface area contributed by atoms with Crippen molar-refractivity contribution in [3.8, 4) is 5.75 Å². The molecule has 0 bridgehead atoms. The number of hydrogen-bond acceptors (Lipinski definition) is 6. The van der Waals surface area contributed by atoms with Gasteiger partial charge in [-0.3, -0.25) is 14.9 Å². The van der Waals surface area contributed by atoms with Gasteiger partial charge in [0.05, 0.1) is 4.92 Å². The molecule has 26 heavy (non-hydrogen) atoms. The molecule has 0 aliphatic carbocycles. The van der Waals surface area contributed by atoms with Gasteiger partial charge in [0.15, 0.2) is 12.4 Å². The van der Waals surface area contributed by atoms with Gasteiger partial charge in [0.1, 0.15) is 11.9 Å². The lowest BCUT2D eigenvalue weighted by molar-refractivity contribution is -0.385. The Labute approximate surface area is 156 Å². The lowest BCUT2D eigenvalue weighted by Crippen LogP contribution is -2.50. The van der Waals surface area contributed by atoms with Crippen molar-refractivity contribution in [2.24, 2.45) is 7.05 Å². The van der Waals surface area contributed by atoms with Crippen molar-refractivity contribution in [1.82, 2.24) is 19.8 Å². The second kappa shape index (κ2) is 8.63. The van der Waals surface area contributed by atoms with Crippen molar-refractivity contribution >= 4 is 24.0 Å². The van der Waals surface area contributed by atoms with Crippen LogP contribution in [0.5, 0.6) is 5.75 Å². The minimum Gasteiger partial charge on any atom is -0.477 e. The number of nitrogens with one attached hydrogen (secondary N) is 1. The normalized spacial score (nSPS) is 16.7. The van der Waals surface area contributed by atoms with E-state index in [4.69, 9.17) is 4.74 Å². The van der Waals surface area contributed by atoms with Crippen molar-refractivity contribution in [2.45, 2.75) is 6.04 Å². The maximum Gasteiger partial charge on any atom is 0.310 e. The smallest absolute Gasteiger partial charge is 0.310 e. The van der Waals surface area contributed by atoms with Gasteiger partial charge >= 0.3 is 5.69 Å². The molecule has 0 spiro atoms. The molecule has 3 rings (SSSR count). The number of amides is 1. The van der Waals surface area contributed by atoms with Gasteiger partial charge in [-0.25, -0.2) is 4.98 Å². The molecule has 1 atom stereocenters. The van der Waals surface area contributed by atoms with Crippen molar-refractivity contribution in [2.75, 3.05) is 26.2 Å². The van der Waals surface area contributed by atoms with Crippen LogP contribution >= 0.6 is 12.4 Å². The lowest BCUT2D eigenvalue weighted by Gasteiger charge is -2.35. The molecule has 1 unspecified atom stereocenters. The van der Waals surface area contributed by atoms with E-state index < -0.39 is 4.92 Å². The quantitative estimate of drug-likeness (QED) is 0.618. The largest absolute Gasteiger partial charge is 0.477 e. The third-order valence-electron chi connectivity index (χ3n) is 4.13. The van der Waals surface area contributed by atoms with E-state index in [1.165, 1.54) is 12.1 Å². The Morgan fingerprint density at radius 2 is 2.23 bits per heavy atom. The van der Waals surface area contributed by atoms with Crippen molar-refractivity contribution < 1.29 is 14.5 Å². The fourth-order valence-corrected chi connectivity index (χ4v) is 2.88. The monoisotopic (exact) mass is 381 g/mol. The molecule has 2 heterocycles. The molecule has 0 radical (unpaired) electrons. The second-order valence-electron chi connectivity index (χ2n) is 5.72. The van der Waals surface area contributed by atoms with Crippen molar-refractivity contribution in [3.63, 3.8) is 0 Å². The van der Waals surface area contributed by atoms with E-state index in [9.17, 15) is 14.9 Å². The van der Waals surface area contributed by atoms with Crippen LogP contribution in [-0.2, 0) is 11.8 Å². The number of imidazole rings is 1. The van der Waals surface area contributed by atoms with E-state index in [1.807, 2.05) is 17.8 Å². The summed E-state index contributed by atoms with van der Waals surface area (Å²) in [5.74, 6) is 0.642. The van der Waals surface area contributed by atoms with Crippen molar-refractivity contribution in [3.05, 3.63) is 52.6 Å². The molecule has 0 saturated carbocycles. The van der Waals surface area contributed by atoms with E-state index in [1.54, 1.807) is 23.2 Å². The average Bonchev–Trinajstić information content (AvgIpc) is 3.05. The number of rotatable bonds is 5. The van der Waals surface area contributed by atoms with E-state index in [0.717, 1.165) is 5.82 Å². The molecule has 1 aliphatic heterocycles. The van der Waals surface area contributed by atoms with E-state index in [0.29, 0.717) is 19.6 Å². The van der Waals surface area contributed by atoms with Gasteiger partial charge in [0.25, 0.3) is 5.91 Å². The number of aromatic nitrogens is 2. The Bertz CT molecular complexity index is 782. The zero-order valence-corrected chi connectivity index (χ0v) is 15.0. The van der Waals surface area contributed by atoms with Gasteiger partial charge in [-0.2, -0.15) is 0 Å². The molecule has 1 N–H and O–H groups in total. The predicted molar refractivity (Wildman–Crippen MR) is 96.4 cm³/mol. The maximum absolute atomic E-state index is 12.6. The molecule has 1 fully saturated rings. The number of nitro groups is 1. The summed E-state index contributed by atoms with van der Waals surface area (Å²) in [7, 11) is 1.88. The van der Waals surface area contributed by atoms with Crippen LogP contribution in [0.4, 0.5) is 5.69 Å². The van der Waals surface area contributed by atoms with Gasteiger partial charge in [0, 0.05) is 45.1 Å². The number of nitro benzene ring substituents is 1. The summed E-state index contributed by atoms with van der Waals surface area (Å²) >= 11 is 0. The highest BCUT2D eigenvalue weighted by atomic mass is 35.5. The zero-order valence-electron chi connectivity index (χ0n) is 14.2. The molecule has 2 aromatic rings. The summed E-state index contributed by atoms with van der Waals surface area (Å²) in [6.45, 7) is 1.54. The minimum absolute atomic E-state index is 0. The highest BCUT2D eigenvalue weighted by Gasteiger charge is 2.30. The van der Waals surface area contributed by atoms with Gasteiger partial charge in [0.2, 0.25) is 0 Å². The number of piperazine rings is 1. The highest BCUT2D eigenvalue weighted by molar-refractivity contribution is 5.85.